The first-order chi connectivity index (χ1) is 4.19. The van der Waals surface area contributed by atoms with Crippen LogP contribution in [-0.2, 0) is 0 Å². The maximum atomic E-state index is 6.36. The van der Waals surface area contributed by atoms with Crippen LogP contribution in [0.5, 0.6) is 0 Å². The summed E-state index contributed by atoms with van der Waals surface area (Å²) in [5, 5.41) is 0. The van der Waals surface area contributed by atoms with Crippen LogP contribution >= 0.6 is 22.2 Å². The highest BCUT2D eigenvalue weighted by Gasteiger charge is 2.46. The van der Waals surface area contributed by atoms with Crippen LogP contribution in [0.15, 0.2) is 0 Å². The summed E-state index contributed by atoms with van der Waals surface area (Å²) in [6, 6.07) is 0. The zero-order valence-corrected chi connectivity index (χ0v) is 11.8. The number of rotatable bonds is 2. The molecule has 0 saturated carbocycles. The van der Waals surface area contributed by atoms with E-state index in [-0.39, 0.29) is 0 Å². The molecular weight excluding hydrogens is 215 g/mol. The van der Waals surface area contributed by atoms with E-state index in [0.29, 0.717) is 0 Å². The smallest absolute Gasteiger partial charge is 0.154 e. The van der Waals surface area contributed by atoms with Crippen LogP contribution in [0, 0.1) is 0 Å². The van der Waals surface area contributed by atoms with Crippen molar-refractivity contribution in [2.45, 2.75) is 32.7 Å². The summed E-state index contributed by atoms with van der Waals surface area (Å²) in [6.45, 7) is 11.3. The molecule has 0 aromatic heterocycles. The number of hydrogen-bond acceptors (Lipinski definition) is 0. The van der Waals surface area contributed by atoms with Gasteiger partial charge in [-0.1, -0.05) is 32.7 Å². The highest BCUT2D eigenvalue weighted by Crippen LogP contribution is 2.29. The second-order valence-electron chi connectivity index (χ2n) is 3.82. The van der Waals surface area contributed by atoms with E-state index < -0.39 is 21.6 Å². The Labute approximate surface area is 76.5 Å². The van der Waals surface area contributed by atoms with Crippen LogP contribution in [0.3, 0.4) is 0 Å². The summed E-state index contributed by atoms with van der Waals surface area (Å²) in [5.74, 6) is 0. The third-order valence-electron chi connectivity index (χ3n) is 1.57. The molecule has 1 radical (unpaired) electrons. The van der Waals surface area contributed by atoms with Gasteiger partial charge in [0.05, 0.1) is 15.9 Å². The standard InChI is InChI=1S/C5H15Cl2Si3/c1-8(2)10(6,7)9(3,4)5/h1-5H3. The van der Waals surface area contributed by atoms with E-state index in [1.54, 1.807) is 0 Å². The van der Waals surface area contributed by atoms with Gasteiger partial charge in [-0.25, -0.2) is 0 Å². The van der Waals surface area contributed by atoms with Crippen LogP contribution in [0.25, 0.3) is 0 Å². The van der Waals surface area contributed by atoms with Crippen molar-refractivity contribution in [2.75, 3.05) is 0 Å². The van der Waals surface area contributed by atoms with Gasteiger partial charge in [-0.3, -0.25) is 0 Å². The first kappa shape index (κ1) is 11.2. The fraction of sp³-hybridized carbons (Fsp3) is 1.00. The van der Waals surface area contributed by atoms with Crippen molar-refractivity contribution in [3.05, 3.63) is 0 Å². The zero-order chi connectivity index (χ0) is 8.58. The lowest BCUT2D eigenvalue weighted by molar-refractivity contribution is 1.85. The minimum absolute atomic E-state index is 0.437. The Balaban J connectivity index is 4.40. The van der Waals surface area contributed by atoms with E-state index in [1.807, 2.05) is 0 Å². The van der Waals surface area contributed by atoms with Crippen molar-refractivity contribution in [3.8, 4) is 0 Å². The molecule has 0 aliphatic carbocycles. The normalized spacial score (nSPS) is 14.4. The lowest BCUT2D eigenvalue weighted by atomic mass is 11.8. The number of hydrogen-bond donors (Lipinski definition) is 0. The molecule has 61 valence electrons. The Morgan fingerprint density at radius 2 is 1.30 bits per heavy atom. The topological polar surface area (TPSA) is 0 Å². The van der Waals surface area contributed by atoms with Gasteiger partial charge in [0.1, 0.15) is 0 Å². The van der Waals surface area contributed by atoms with Crippen molar-refractivity contribution < 1.29 is 0 Å². The van der Waals surface area contributed by atoms with Gasteiger partial charge < -0.3 is 0 Å². The largest absolute Gasteiger partial charge is 0.224 e. The molecule has 0 spiro atoms. The highest BCUT2D eigenvalue weighted by atomic mass is 35.7. The minimum atomic E-state index is -1.80. The van der Waals surface area contributed by atoms with Gasteiger partial charge in [-0.2, -0.15) is 22.2 Å². The summed E-state index contributed by atoms with van der Waals surface area (Å²) in [5.41, 5.74) is -1.80. The van der Waals surface area contributed by atoms with Gasteiger partial charge in [-0.15, -0.1) is 0 Å². The van der Waals surface area contributed by atoms with Crippen LogP contribution < -0.4 is 0 Å². The third-order valence-corrected chi connectivity index (χ3v) is 42.4. The molecule has 5 heteroatoms. The molecule has 0 aromatic rings. The van der Waals surface area contributed by atoms with E-state index >= 15 is 0 Å². The number of halogens is 2. The van der Waals surface area contributed by atoms with Crippen molar-refractivity contribution >= 4 is 43.8 Å². The molecule has 0 bridgehead atoms. The Morgan fingerprint density at radius 3 is 1.30 bits per heavy atom. The first-order valence-corrected chi connectivity index (χ1v) is 15.4. The van der Waals surface area contributed by atoms with Gasteiger partial charge in [0.15, 0.2) is 0 Å². The monoisotopic (exact) mass is 229 g/mol. The van der Waals surface area contributed by atoms with Gasteiger partial charge in [0, 0.05) is 0 Å². The molecule has 0 nitrogen and oxygen atoms in total. The van der Waals surface area contributed by atoms with Gasteiger partial charge >= 0.3 is 0 Å². The molecule has 0 aliphatic rings. The van der Waals surface area contributed by atoms with Crippen molar-refractivity contribution in [3.63, 3.8) is 0 Å². The van der Waals surface area contributed by atoms with Crippen molar-refractivity contribution in [1.29, 1.82) is 0 Å². The summed E-state index contributed by atoms with van der Waals surface area (Å²) < 4.78 is 0. The second-order valence-corrected chi connectivity index (χ2v) is 32.8. The predicted octanol–water partition coefficient (Wildman–Crippen LogP) is 3.16. The molecular formula is C5H15Cl2Si3. The predicted molar refractivity (Wildman–Crippen MR) is 58.3 cm³/mol. The average molecular weight is 230 g/mol. The quantitative estimate of drug-likeness (QED) is 0.505. The van der Waals surface area contributed by atoms with Crippen molar-refractivity contribution in [1.82, 2.24) is 0 Å². The molecule has 0 amide bonds. The van der Waals surface area contributed by atoms with Gasteiger partial charge in [-0.05, 0) is 0 Å². The molecule has 0 fully saturated rings. The fourth-order valence-electron chi connectivity index (χ4n) is 0.750. The highest BCUT2D eigenvalue weighted by molar-refractivity contribution is 7.92. The lowest BCUT2D eigenvalue weighted by Crippen LogP contribution is -2.57. The first-order valence-electron chi connectivity index (χ1n) is 3.38. The Hall–Kier alpha value is 1.23. The van der Waals surface area contributed by atoms with Gasteiger partial charge in [0.25, 0.3) is 0 Å². The lowest BCUT2D eigenvalue weighted by Gasteiger charge is -2.32. The molecule has 0 saturated heterocycles. The second kappa shape index (κ2) is 3.31. The SMILES string of the molecule is C[Si](C)[Si](Cl)(Cl)[Si](C)(C)C. The average Bonchev–Trinajstić information content (AvgIpc) is 1.62. The van der Waals surface area contributed by atoms with Crippen LogP contribution in [0.4, 0.5) is 0 Å². The molecule has 0 aromatic carbocycles. The van der Waals surface area contributed by atoms with Crippen LogP contribution in [0.1, 0.15) is 0 Å². The van der Waals surface area contributed by atoms with E-state index in [4.69, 9.17) is 22.2 Å². The van der Waals surface area contributed by atoms with E-state index in [1.165, 1.54) is 0 Å². The Kier molecular flexibility index (Phi) is 3.72. The van der Waals surface area contributed by atoms with Crippen molar-refractivity contribution in [2.24, 2.45) is 0 Å². The van der Waals surface area contributed by atoms with Crippen LogP contribution in [-0.4, -0.2) is 21.6 Å². The summed E-state index contributed by atoms with van der Waals surface area (Å²) >= 11 is 12.7. The molecule has 10 heavy (non-hydrogen) atoms. The summed E-state index contributed by atoms with van der Waals surface area (Å²) in [6.07, 6.45) is 0. The summed E-state index contributed by atoms with van der Waals surface area (Å²) in [7, 11) is -1.67. The molecule has 0 atom stereocenters. The molecule has 0 N–H and O–H groups in total. The maximum Gasteiger partial charge on any atom is 0.224 e. The summed E-state index contributed by atoms with van der Waals surface area (Å²) in [4.78, 5) is 0. The molecule has 0 unspecified atom stereocenters. The molecule has 0 heterocycles. The fourth-order valence-corrected chi connectivity index (χ4v) is 20.2. The van der Waals surface area contributed by atoms with E-state index in [0.717, 1.165) is 0 Å². The maximum absolute atomic E-state index is 6.36. The van der Waals surface area contributed by atoms with Crippen LogP contribution in [0.2, 0.25) is 32.7 Å². The Bertz CT molecular complexity index is 117. The third kappa shape index (κ3) is 2.37. The van der Waals surface area contributed by atoms with E-state index in [2.05, 4.69) is 32.7 Å². The molecule has 0 rings (SSSR count). The van der Waals surface area contributed by atoms with Gasteiger partial charge in [0.2, 0.25) is 5.73 Å². The molecule has 0 aliphatic heterocycles. The Morgan fingerprint density at radius 1 is 1.00 bits per heavy atom. The van der Waals surface area contributed by atoms with E-state index in [9.17, 15) is 0 Å². The minimum Gasteiger partial charge on any atom is -0.154 e. The zero-order valence-electron chi connectivity index (χ0n) is 7.26.